The van der Waals surface area contributed by atoms with Crippen molar-refractivity contribution in [1.29, 1.82) is 0 Å². The van der Waals surface area contributed by atoms with Crippen LogP contribution in [0.15, 0.2) is 54.6 Å². The predicted octanol–water partition coefficient (Wildman–Crippen LogP) is 4.72. The fraction of sp³-hybridized carbons (Fsp3) is 0. The van der Waals surface area contributed by atoms with Gasteiger partial charge < -0.3 is 4.98 Å². The number of hydrogen-bond acceptors (Lipinski definition) is 2. The lowest BCUT2D eigenvalue weighted by molar-refractivity contribution is 0.104. The van der Waals surface area contributed by atoms with Gasteiger partial charge in [0, 0.05) is 22.3 Å². The maximum Gasteiger partial charge on any atom is 0.194 e. The van der Waals surface area contributed by atoms with Gasteiger partial charge in [0.2, 0.25) is 0 Å². The van der Waals surface area contributed by atoms with E-state index >= 15 is 0 Å². The zero-order valence-corrected chi connectivity index (χ0v) is 12.8. The van der Waals surface area contributed by atoms with Crippen molar-refractivity contribution in [2.45, 2.75) is 0 Å². The smallest absolute Gasteiger partial charge is 0.194 e. The van der Waals surface area contributed by atoms with Crippen LogP contribution in [0, 0.1) is 11.6 Å². The molecule has 0 bridgehead atoms. The van der Waals surface area contributed by atoms with Gasteiger partial charge in [0.15, 0.2) is 17.4 Å². The summed E-state index contributed by atoms with van der Waals surface area (Å²) in [4.78, 5) is 19.9. The first-order chi connectivity index (χ1) is 12.1. The molecule has 3 nitrogen and oxygen atoms in total. The molecule has 0 amide bonds. The van der Waals surface area contributed by atoms with E-state index in [9.17, 15) is 13.6 Å². The van der Waals surface area contributed by atoms with Crippen molar-refractivity contribution < 1.29 is 13.6 Å². The van der Waals surface area contributed by atoms with Crippen molar-refractivity contribution in [3.63, 3.8) is 0 Å². The van der Waals surface area contributed by atoms with Gasteiger partial charge in [-0.05, 0) is 17.7 Å². The van der Waals surface area contributed by atoms with Crippen LogP contribution in [0.2, 0.25) is 0 Å². The molecule has 1 heterocycles. The number of aromatic nitrogens is 2. The molecule has 0 unspecified atom stereocenters. The topological polar surface area (TPSA) is 45.8 Å². The maximum atomic E-state index is 14.0. The van der Waals surface area contributed by atoms with E-state index in [4.69, 9.17) is 0 Å². The summed E-state index contributed by atoms with van der Waals surface area (Å²) in [7, 11) is 0. The predicted molar refractivity (Wildman–Crippen MR) is 90.3 cm³/mol. The lowest BCUT2D eigenvalue weighted by Crippen LogP contribution is -1.94. The van der Waals surface area contributed by atoms with Crippen molar-refractivity contribution in [2.75, 3.05) is 0 Å². The normalized spacial score (nSPS) is 12.5. The summed E-state index contributed by atoms with van der Waals surface area (Å²) < 4.78 is 27.4. The van der Waals surface area contributed by atoms with Gasteiger partial charge in [0.1, 0.15) is 11.3 Å². The molecule has 0 spiro atoms. The number of carbonyl (C=O) groups excluding carboxylic acids is 1. The van der Waals surface area contributed by atoms with Gasteiger partial charge in [-0.2, -0.15) is 0 Å². The fourth-order valence-electron chi connectivity index (χ4n) is 3.42. The van der Waals surface area contributed by atoms with E-state index in [2.05, 4.69) is 9.97 Å². The Morgan fingerprint density at radius 1 is 0.800 bits per heavy atom. The minimum atomic E-state index is -0.982. The number of H-pyrrole nitrogens is 1. The minimum absolute atomic E-state index is 0.0409. The van der Waals surface area contributed by atoms with Crippen LogP contribution in [0.5, 0.6) is 0 Å². The summed E-state index contributed by atoms with van der Waals surface area (Å²) in [5.41, 5.74) is 3.86. The Kier molecular flexibility index (Phi) is 2.71. The molecule has 25 heavy (non-hydrogen) atoms. The van der Waals surface area contributed by atoms with E-state index in [1.54, 1.807) is 18.2 Å². The largest absolute Gasteiger partial charge is 0.338 e. The van der Waals surface area contributed by atoms with Gasteiger partial charge in [-0.15, -0.1) is 0 Å². The SMILES string of the molecule is O=C1c2ccccc2-c2c1cccc2-c1nc2c(F)c(F)ccc2[nH]1. The molecule has 120 valence electrons. The molecule has 0 fully saturated rings. The van der Waals surface area contributed by atoms with Gasteiger partial charge in [-0.3, -0.25) is 4.79 Å². The standard InChI is InChI=1S/C20H10F2N2O/c21-14-8-9-15-18(17(14)22)24-20(23-15)13-7-3-6-12-16(13)10-4-1-2-5-11(10)19(12)25/h1-9H,(H,23,24). The first-order valence-electron chi connectivity index (χ1n) is 7.76. The average Bonchev–Trinajstić information content (AvgIpc) is 3.20. The number of carbonyl (C=O) groups is 1. The summed E-state index contributed by atoms with van der Waals surface area (Å²) >= 11 is 0. The van der Waals surface area contributed by atoms with Crippen LogP contribution in [-0.4, -0.2) is 15.8 Å². The minimum Gasteiger partial charge on any atom is -0.338 e. The Morgan fingerprint density at radius 3 is 2.36 bits per heavy atom. The number of rotatable bonds is 1. The number of imidazole rings is 1. The summed E-state index contributed by atoms with van der Waals surface area (Å²) in [5.74, 6) is -1.56. The molecule has 0 atom stereocenters. The Labute approximate surface area is 141 Å². The molecular formula is C20H10F2N2O. The van der Waals surface area contributed by atoms with Gasteiger partial charge >= 0.3 is 0 Å². The van der Waals surface area contributed by atoms with Gasteiger partial charge in [0.25, 0.3) is 0 Å². The summed E-state index contributed by atoms with van der Waals surface area (Å²) in [5, 5.41) is 0. The fourth-order valence-corrected chi connectivity index (χ4v) is 3.42. The second kappa shape index (κ2) is 4.83. The third kappa shape index (κ3) is 1.83. The highest BCUT2D eigenvalue weighted by molar-refractivity contribution is 6.23. The molecule has 0 aliphatic heterocycles. The number of fused-ring (bicyclic) bond motifs is 4. The quantitative estimate of drug-likeness (QED) is 0.483. The van der Waals surface area contributed by atoms with E-state index in [0.29, 0.717) is 28.0 Å². The van der Waals surface area contributed by atoms with Crippen LogP contribution in [0.25, 0.3) is 33.5 Å². The Balaban J connectivity index is 1.82. The molecule has 3 aromatic carbocycles. The number of nitrogens with zero attached hydrogens (tertiary/aromatic N) is 1. The van der Waals surface area contributed by atoms with Crippen LogP contribution in [0.3, 0.4) is 0 Å². The van der Waals surface area contributed by atoms with Crippen molar-refractivity contribution in [3.05, 3.63) is 77.4 Å². The third-order valence-electron chi connectivity index (χ3n) is 4.55. The number of benzene rings is 3. The van der Waals surface area contributed by atoms with Crippen molar-refractivity contribution >= 4 is 16.8 Å². The van der Waals surface area contributed by atoms with Gasteiger partial charge in [0.05, 0.1) is 5.52 Å². The zero-order valence-electron chi connectivity index (χ0n) is 12.8. The molecule has 5 heteroatoms. The highest BCUT2D eigenvalue weighted by Crippen LogP contribution is 2.42. The number of hydrogen-bond donors (Lipinski definition) is 1. The van der Waals surface area contributed by atoms with Gasteiger partial charge in [-0.25, -0.2) is 13.8 Å². The summed E-state index contributed by atoms with van der Waals surface area (Å²) in [6.07, 6.45) is 0. The highest BCUT2D eigenvalue weighted by Gasteiger charge is 2.29. The molecule has 1 N–H and O–H groups in total. The van der Waals surface area contributed by atoms with E-state index < -0.39 is 11.6 Å². The Bertz CT molecular complexity index is 1190. The maximum absolute atomic E-state index is 14.0. The van der Waals surface area contributed by atoms with Crippen LogP contribution < -0.4 is 0 Å². The van der Waals surface area contributed by atoms with E-state index in [-0.39, 0.29) is 11.3 Å². The number of halogens is 2. The highest BCUT2D eigenvalue weighted by atomic mass is 19.2. The Morgan fingerprint density at radius 2 is 1.52 bits per heavy atom. The molecule has 1 aliphatic carbocycles. The van der Waals surface area contributed by atoms with Crippen molar-refractivity contribution in [1.82, 2.24) is 9.97 Å². The molecule has 0 radical (unpaired) electrons. The van der Waals surface area contributed by atoms with Gasteiger partial charge in [-0.1, -0.05) is 42.5 Å². The second-order valence-electron chi connectivity index (χ2n) is 5.95. The monoisotopic (exact) mass is 332 g/mol. The van der Waals surface area contributed by atoms with E-state index in [0.717, 1.165) is 17.2 Å². The molecule has 0 saturated carbocycles. The summed E-state index contributed by atoms with van der Waals surface area (Å²) in [6.45, 7) is 0. The molecule has 4 aromatic rings. The molecule has 0 saturated heterocycles. The Hall–Kier alpha value is -3.34. The first kappa shape index (κ1) is 14.0. The lowest BCUT2D eigenvalue weighted by Gasteiger charge is -2.06. The first-order valence-corrected chi connectivity index (χ1v) is 7.76. The lowest BCUT2D eigenvalue weighted by atomic mass is 9.99. The van der Waals surface area contributed by atoms with Crippen molar-refractivity contribution in [2.24, 2.45) is 0 Å². The van der Waals surface area contributed by atoms with E-state index in [1.165, 1.54) is 6.07 Å². The third-order valence-corrected chi connectivity index (χ3v) is 4.55. The number of ketones is 1. The molecule has 5 rings (SSSR count). The number of nitrogens with one attached hydrogen (secondary N) is 1. The summed E-state index contributed by atoms with van der Waals surface area (Å²) in [6, 6.07) is 15.2. The average molecular weight is 332 g/mol. The number of aromatic amines is 1. The van der Waals surface area contributed by atoms with Crippen molar-refractivity contribution in [3.8, 4) is 22.5 Å². The van der Waals surface area contributed by atoms with E-state index in [1.807, 2.05) is 24.3 Å². The van der Waals surface area contributed by atoms with Crippen LogP contribution in [-0.2, 0) is 0 Å². The molecule has 1 aromatic heterocycles. The van der Waals surface area contributed by atoms with Crippen LogP contribution in [0.4, 0.5) is 8.78 Å². The molecular weight excluding hydrogens is 322 g/mol. The zero-order chi connectivity index (χ0) is 17.1. The van der Waals surface area contributed by atoms with Crippen LogP contribution in [0.1, 0.15) is 15.9 Å². The molecule has 1 aliphatic rings. The second-order valence-corrected chi connectivity index (χ2v) is 5.95. The van der Waals surface area contributed by atoms with Crippen LogP contribution >= 0.6 is 0 Å².